The van der Waals surface area contributed by atoms with Gasteiger partial charge in [0.15, 0.2) is 0 Å². The Morgan fingerprint density at radius 3 is 2.79 bits per heavy atom. The van der Waals surface area contributed by atoms with E-state index in [1.165, 1.54) is 4.68 Å². The highest BCUT2D eigenvalue weighted by atomic mass is 79.9. The lowest BCUT2D eigenvalue weighted by atomic mass is 10.3. The largest absolute Gasteiger partial charge is 0.390 e. The molecule has 0 saturated carbocycles. The first-order valence-electron chi connectivity index (χ1n) is 5.73. The molecule has 0 aliphatic heterocycles. The van der Waals surface area contributed by atoms with Crippen molar-refractivity contribution in [2.45, 2.75) is 26.5 Å². The highest BCUT2D eigenvalue weighted by molar-refractivity contribution is 9.11. The van der Waals surface area contributed by atoms with E-state index >= 15 is 0 Å². The summed E-state index contributed by atoms with van der Waals surface area (Å²) in [6.07, 6.45) is -0.676. The first-order valence-corrected chi connectivity index (χ1v) is 6.52. The summed E-state index contributed by atoms with van der Waals surface area (Å²) in [6.45, 7) is 7.99. The molecule has 1 heterocycles. The fraction of sp³-hybridized carbons (Fsp3) is 0.545. The summed E-state index contributed by atoms with van der Waals surface area (Å²) in [7, 11) is 0. The minimum absolute atomic E-state index is 0.00833. The van der Waals surface area contributed by atoms with Crippen LogP contribution in [-0.4, -0.2) is 39.0 Å². The summed E-state index contributed by atoms with van der Waals surface area (Å²) in [4.78, 5) is 10.4. The summed E-state index contributed by atoms with van der Waals surface area (Å²) < 4.78 is 2.25. The molecule has 0 aliphatic carbocycles. The third kappa shape index (κ3) is 4.41. The molecule has 1 aromatic heterocycles. The van der Waals surface area contributed by atoms with Gasteiger partial charge in [0.2, 0.25) is 0 Å². The third-order valence-electron chi connectivity index (χ3n) is 2.61. The quantitative estimate of drug-likeness (QED) is 0.579. The zero-order valence-electron chi connectivity index (χ0n) is 10.9. The van der Waals surface area contributed by atoms with E-state index in [0.717, 1.165) is 4.48 Å². The summed E-state index contributed by atoms with van der Waals surface area (Å²) in [5.74, 6) is 0. The molecular weight excluding hydrogens is 316 g/mol. The van der Waals surface area contributed by atoms with Crippen LogP contribution in [0.5, 0.6) is 0 Å². The molecule has 0 bridgehead atoms. The molecule has 0 fully saturated rings. The number of hydrogen-bond acceptors (Lipinski definition) is 5. The SMILES string of the molecule is C=C(Br)CNCC(O)Cn1nc(C)c([N+](=O)[O-])c1C. The van der Waals surface area contributed by atoms with Crippen molar-refractivity contribution < 1.29 is 10.0 Å². The Hall–Kier alpha value is -1.25. The molecule has 106 valence electrons. The van der Waals surface area contributed by atoms with Gasteiger partial charge in [0.05, 0.1) is 17.6 Å². The lowest BCUT2D eigenvalue weighted by Gasteiger charge is -2.12. The van der Waals surface area contributed by atoms with Crippen molar-refractivity contribution in [3.8, 4) is 0 Å². The highest BCUT2D eigenvalue weighted by Crippen LogP contribution is 2.21. The smallest absolute Gasteiger partial charge is 0.312 e. The number of hydrogen-bond donors (Lipinski definition) is 2. The average Bonchev–Trinajstić information content (AvgIpc) is 2.53. The summed E-state index contributed by atoms with van der Waals surface area (Å²) in [5, 5.41) is 27.8. The second-order valence-electron chi connectivity index (χ2n) is 4.26. The molecule has 0 aromatic carbocycles. The average molecular weight is 333 g/mol. The number of halogens is 1. The molecule has 0 radical (unpaired) electrons. The van der Waals surface area contributed by atoms with Gasteiger partial charge in [-0.05, 0) is 13.8 Å². The number of aliphatic hydroxyl groups excluding tert-OH is 1. The van der Waals surface area contributed by atoms with Crippen LogP contribution in [0.1, 0.15) is 11.4 Å². The van der Waals surface area contributed by atoms with Gasteiger partial charge in [-0.15, -0.1) is 0 Å². The lowest BCUT2D eigenvalue weighted by molar-refractivity contribution is -0.386. The maximum Gasteiger partial charge on any atom is 0.312 e. The Balaban J connectivity index is 2.64. The number of rotatable bonds is 7. The fourth-order valence-corrected chi connectivity index (χ4v) is 1.97. The predicted molar refractivity (Wildman–Crippen MR) is 75.3 cm³/mol. The van der Waals surface area contributed by atoms with Gasteiger partial charge < -0.3 is 10.4 Å². The van der Waals surface area contributed by atoms with Crippen molar-refractivity contribution in [3.05, 3.63) is 32.6 Å². The second-order valence-corrected chi connectivity index (χ2v) is 5.38. The van der Waals surface area contributed by atoms with Gasteiger partial charge in [-0.25, -0.2) is 0 Å². The van der Waals surface area contributed by atoms with Gasteiger partial charge in [-0.3, -0.25) is 14.8 Å². The Morgan fingerprint density at radius 2 is 2.32 bits per heavy atom. The third-order valence-corrected chi connectivity index (χ3v) is 2.89. The van der Waals surface area contributed by atoms with E-state index in [1.54, 1.807) is 13.8 Å². The van der Waals surface area contributed by atoms with Gasteiger partial charge in [-0.1, -0.05) is 22.5 Å². The first-order chi connectivity index (χ1) is 8.82. The van der Waals surface area contributed by atoms with E-state index in [9.17, 15) is 15.2 Å². The zero-order chi connectivity index (χ0) is 14.6. The Bertz CT molecular complexity index is 487. The monoisotopic (exact) mass is 332 g/mol. The molecule has 7 nitrogen and oxygen atoms in total. The van der Waals surface area contributed by atoms with Crippen LogP contribution in [0.2, 0.25) is 0 Å². The highest BCUT2D eigenvalue weighted by Gasteiger charge is 2.22. The van der Waals surface area contributed by atoms with Gasteiger partial charge in [-0.2, -0.15) is 5.10 Å². The van der Waals surface area contributed by atoms with E-state index in [2.05, 4.69) is 32.9 Å². The normalized spacial score (nSPS) is 12.4. The predicted octanol–water partition coefficient (Wildman–Crippen LogP) is 1.27. The van der Waals surface area contributed by atoms with Crippen LogP contribution < -0.4 is 5.32 Å². The van der Waals surface area contributed by atoms with Crippen LogP contribution in [0.15, 0.2) is 11.1 Å². The van der Waals surface area contributed by atoms with Gasteiger partial charge in [0.25, 0.3) is 0 Å². The molecule has 2 N–H and O–H groups in total. The van der Waals surface area contributed by atoms with E-state index in [4.69, 9.17) is 0 Å². The van der Waals surface area contributed by atoms with Crippen LogP contribution in [0.25, 0.3) is 0 Å². The molecule has 0 aliphatic rings. The summed E-state index contributed by atoms with van der Waals surface area (Å²) >= 11 is 3.20. The molecule has 1 rings (SSSR count). The summed E-state index contributed by atoms with van der Waals surface area (Å²) in [6, 6.07) is 0. The molecule has 8 heteroatoms. The fourth-order valence-electron chi connectivity index (χ4n) is 1.77. The Kier molecular flexibility index (Phi) is 5.64. The van der Waals surface area contributed by atoms with Crippen molar-refractivity contribution in [2.24, 2.45) is 0 Å². The van der Waals surface area contributed by atoms with E-state index in [0.29, 0.717) is 24.5 Å². The van der Waals surface area contributed by atoms with E-state index < -0.39 is 11.0 Å². The molecule has 0 spiro atoms. The number of aliphatic hydroxyl groups is 1. The van der Waals surface area contributed by atoms with Crippen molar-refractivity contribution in [1.29, 1.82) is 0 Å². The molecule has 1 aromatic rings. The molecule has 1 unspecified atom stereocenters. The van der Waals surface area contributed by atoms with Crippen LogP contribution >= 0.6 is 15.9 Å². The molecule has 1 atom stereocenters. The number of aryl methyl sites for hydroxylation is 1. The zero-order valence-corrected chi connectivity index (χ0v) is 12.5. The van der Waals surface area contributed by atoms with E-state index in [-0.39, 0.29) is 12.2 Å². The molecule has 0 saturated heterocycles. The van der Waals surface area contributed by atoms with Crippen molar-refractivity contribution >= 4 is 21.6 Å². The van der Waals surface area contributed by atoms with Gasteiger partial charge in [0.1, 0.15) is 11.4 Å². The lowest BCUT2D eigenvalue weighted by Crippen LogP contribution is -2.31. The molecular formula is C11H17BrN4O3. The van der Waals surface area contributed by atoms with Crippen LogP contribution in [0.4, 0.5) is 5.69 Å². The number of nitro groups is 1. The second kappa shape index (κ2) is 6.78. The standard InChI is InChI=1S/C11H17BrN4O3/c1-7(12)4-13-5-10(17)6-15-9(3)11(16(18)19)8(2)14-15/h10,13,17H,1,4-6H2,2-3H3. The minimum Gasteiger partial charge on any atom is -0.390 e. The van der Waals surface area contributed by atoms with Gasteiger partial charge >= 0.3 is 5.69 Å². The van der Waals surface area contributed by atoms with Crippen molar-refractivity contribution in [1.82, 2.24) is 15.1 Å². The molecule has 19 heavy (non-hydrogen) atoms. The number of aromatic nitrogens is 2. The van der Waals surface area contributed by atoms with Crippen LogP contribution in [0.3, 0.4) is 0 Å². The van der Waals surface area contributed by atoms with E-state index in [1.807, 2.05) is 0 Å². The Labute approximate surface area is 119 Å². The maximum absolute atomic E-state index is 10.9. The van der Waals surface area contributed by atoms with Gasteiger partial charge in [0, 0.05) is 17.6 Å². The van der Waals surface area contributed by atoms with Crippen molar-refractivity contribution in [2.75, 3.05) is 13.1 Å². The summed E-state index contributed by atoms with van der Waals surface area (Å²) in [5.41, 5.74) is 0.817. The first kappa shape index (κ1) is 15.8. The number of nitrogens with one attached hydrogen (secondary N) is 1. The Morgan fingerprint density at radius 1 is 1.68 bits per heavy atom. The minimum atomic E-state index is -0.676. The maximum atomic E-state index is 10.9. The number of nitrogens with zero attached hydrogens (tertiary/aromatic N) is 3. The van der Waals surface area contributed by atoms with Crippen LogP contribution in [0, 0.1) is 24.0 Å². The van der Waals surface area contributed by atoms with Crippen LogP contribution in [-0.2, 0) is 6.54 Å². The van der Waals surface area contributed by atoms with Crippen molar-refractivity contribution in [3.63, 3.8) is 0 Å². The molecule has 0 amide bonds. The topological polar surface area (TPSA) is 93.2 Å².